The van der Waals surface area contributed by atoms with Crippen LogP contribution in [-0.4, -0.2) is 31.2 Å². The molecule has 1 heterocycles. The van der Waals surface area contributed by atoms with Gasteiger partial charge in [0.25, 0.3) is 0 Å². The molecule has 3 N–H and O–H groups in total. The Morgan fingerprint density at radius 1 is 1.08 bits per heavy atom. The first-order valence-electron chi connectivity index (χ1n) is 8.95. The first-order valence-corrected chi connectivity index (χ1v) is 8.95. The van der Waals surface area contributed by atoms with Gasteiger partial charge in [-0.2, -0.15) is 0 Å². The van der Waals surface area contributed by atoms with Gasteiger partial charge < -0.3 is 15.8 Å². The highest BCUT2D eigenvalue weighted by Crippen LogP contribution is 2.39. The summed E-state index contributed by atoms with van der Waals surface area (Å²) in [5.41, 5.74) is 6.46. The minimum Gasteiger partial charge on any atom is -0.381 e. The summed E-state index contributed by atoms with van der Waals surface area (Å²) in [5.74, 6) is -0.310. The van der Waals surface area contributed by atoms with Crippen LogP contribution in [0.2, 0.25) is 0 Å². The van der Waals surface area contributed by atoms with Gasteiger partial charge in [0.15, 0.2) is 0 Å². The lowest BCUT2D eigenvalue weighted by molar-refractivity contribution is -0.130. The highest BCUT2D eigenvalue weighted by Gasteiger charge is 2.39. The summed E-state index contributed by atoms with van der Waals surface area (Å²) in [7, 11) is 0. The number of nitrogens with two attached hydrogens (primary N) is 1. The van der Waals surface area contributed by atoms with E-state index in [0.717, 1.165) is 31.2 Å². The molecule has 5 heteroatoms. The molecule has 0 atom stereocenters. The number of hydrogen-bond donors (Lipinski definition) is 2. The predicted molar refractivity (Wildman–Crippen MR) is 91.1 cm³/mol. The lowest BCUT2D eigenvalue weighted by Gasteiger charge is -2.39. The SMILES string of the molecule is NC1(C(=O)NCC2(c3ccc(F)cc3)CCCCC2)CCOCC1. The molecule has 1 saturated heterocycles. The first-order chi connectivity index (χ1) is 11.5. The Morgan fingerprint density at radius 2 is 1.71 bits per heavy atom. The van der Waals surface area contributed by atoms with E-state index < -0.39 is 5.54 Å². The minimum absolute atomic E-state index is 0.0853. The molecular weight excluding hydrogens is 307 g/mol. The number of amides is 1. The lowest BCUT2D eigenvalue weighted by Crippen LogP contribution is -2.58. The lowest BCUT2D eigenvalue weighted by atomic mass is 9.69. The largest absolute Gasteiger partial charge is 0.381 e. The molecule has 0 radical (unpaired) electrons. The maximum Gasteiger partial charge on any atom is 0.240 e. The topological polar surface area (TPSA) is 64.4 Å². The second kappa shape index (κ2) is 7.19. The van der Waals surface area contributed by atoms with Crippen LogP contribution in [0.25, 0.3) is 0 Å². The number of nitrogens with one attached hydrogen (secondary N) is 1. The number of benzene rings is 1. The van der Waals surface area contributed by atoms with Gasteiger partial charge in [-0.05, 0) is 43.4 Å². The van der Waals surface area contributed by atoms with Crippen molar-refractivity contribution < 1.29 is 13.9 Å². The fourth-order valence-electron chi connectivity index (χ4n) is 3.99. The molecule has 0 unspecified atom stereocenters. The Labute approximate surface area is 142 Å². The van der Waals surface area contributed by atoms with E-state index in [-0.39, 0.29) is 17.1 Å². The van der Waals surface area contributed by atoms with E-state index in [2.05, 4.69) is 5.32 Å². The highest BCUT2D eigenvalue weighted by molar-refractivity contribution is 5.86. The third-order valence-electron chi connectivity index (χ3n) is 5.69. The molecule has 1 aliphatic heterocycles. The van der Waals surface area contributed by atoms with Gasteiger partial charge in [-0.3, -0.25) is 4.79 Å². The molecule has 24 heavy (non-hydrogen) atoms. The molecule has 0 aromatic heterocycles. The van der Waals surface area contributed by atoms with E-state index in [9.17, 15) is 9.18 Å². The van der Waals surface area contributed by atoms with Gasteiger partial charge in [-0.1, -0.05) is 31.4 Å². The van der Waals surface area contributed by atoms with Crippen LogP contribution in [0.4, 0.5) is 4.39 Å². The van der Waals surface area contributed by atoms with Crippen LogP contribution in [0.15, 0.2) is 24.3 Å². The summed E-state index contributed by atoms with van der Waals surface area (Å²) in [6.07, 6.45) is 6.63. The molecule has 1 aromatic carbocycles. The smallest absolute Gasteiger partial charge is 0.240 e. The van der Waals surface area contributed by atoms with Crippen molar-refractivity contribution in [2.45, 2.75) is 55.9 Å². The molecule has 1 aromatic rings. The van der Waals surface area contributed by atoms with E-state index in [1.54, 1.807) is 0 Å². The number of hydrogen-bond acceptors (Lipinski definition) is 3. The number of rotatable bonds is 4. The Bertz CT molecular complexity index is 561. The minimum atomic E-state index is -0.823. The Hall–Kier alpha value is -1.46. The zero-order valence-corrected chi connectivity index (χ0v) is 14.2. The second-order valence-corrected chi connectivity index (χ2v) is 7.30. The van der Waals surface area contributed by atoms with Crippen molar-refractivity contribution in [2.75, 3.05) is 19.8 Å². The maximum atomic E-state index is 13.3. The van der Waals surface area contributed by atoms with Crippen molar-refractivity contribution in [2.24, 2.45) is 5.73 Å². The van der Waals surface area contributed by atoms with Crippen molar-refractivity contribution in [3.8, 4) is 0 Å². The third-order valence-corrected chi connectivity index (χ3v) is 5.69. The van der Waals surface area contributed by atoms with Crippen molar-refractivity contribution in [3.05, 3.63) is 35.6 Å². The normalized spacial score (nSPS) is 22.8. The van der Waals surface area contributed by atoms with Crippen LogP contribution in [-0.2, 0) is 14.9 Å². The monoisotopic (exact) mass is 334 g/mol. The van der Waals surface area contributed by atoms with Crippen molar-refractivity contribution in [1.82, 2.24) is 5.32 Å². The summed E-state index contributed by atoms with van der Waals surface area (Å²) in [4.78, 5) is 12.6. The fraction of sp³-hybridized carbons (Fsp3) is 0.632. The van der Waals surface area contributed by atoms with Crippen LogP contribution in [0, 0.1) is 5.82 Å². The average Bonchev–Trinajstić information content (AvgIpc) is 2.61. The summed E-state index contributed by atoms with van der Waals surface area (Å²) in [6.45, 7) is 1.64. The first kappa shape index (κ1) is 17.4. The van der Waals surface area contributed by atoms with Crippen molar-refractivity contribution >= 4 is 5.91 Å². The summed E-state index contributed by atoms with van der Waals surface area (Å²) < 4.78 is 18.6. The quantitative estimate of drug-likeness (QED) is 0.890. The zero-order valence-electron chi connectivity index (χ0n) is 14.2. The van der Waals surface area contributed by atoms with Crippen molar-refractivity contribution in [3.63, 3.8) is 0 Å². The van der Waals surface area contributed by atoms with Gasteiger partial charge in [0.05, 0.1) is 5.54 Å². The van der Waals surface area contributed by atoms with E-state index in [4.69, 9.17) is 10.5 Å². The molecule has 4 nitrogen and oxygen atoms in total. The Kier molecular flexibility index (Phi) is 5.21. The summed E-state index contributed by atoms with van der Waals surface area (Å²) >= 11 is 0. The molecule has 3 rings (SSSR count). The van der Waals surface area contributed by atoms with E-state index in [1.807, 2.05) is 12.1 Å². The van der Waals surface area contributed by atoms with Crippen LogP contribution in [0.5, 0.6) is 0 Å². The third kappa shape index (κ3) is 3.62. The van der Waals surface area contributed by atoms with E-state index in [0.29, 0.717) is 32.6 Å². The van der Waals surface area contributed by atoms with Gasteiger partial charge in [0.1, 0.15) is 5.82 Å². The van der Waals surface area contributed by atoms with Gasteiger partial charge in [0, 0.05) is 25.2 Å². The van der Waals surface area contributed by atoms with E-state index >= 15 is 0 Å². The number of carbonyl (C=O) groups is 1. The van der Waals surface area contributed by atoms with Gasteiger partial charge in [0.2, 0.25) is 5.91 Å². The predicted octanol–water partition coefficient (Wildman–Crippen LogP) is 2.65. The molecule has 1 amide bonds. The molecular formula is C19H27FN2O2. The van der Waals surface area contributed by atoms with Crippen LogP contribution in [0.3, 0.4) is 0 Å². The number of ether oxygens (including phenoxy) is 1. The summed E-state index contributed by atoms with van der Waals surface area (Å²) in [5, 5.41) is 3.10. The molecule has 1 aliphatic carbocycles. The Balaban J connectivity index is 1.73. The van der Waals surface area contributed by atoms with E-state index in [1.165, 1.54) is 18.6 Å². The van der Waals surface area contributed by atoms with Crippen LogP contribution < -0.4 is 11.1 Å². The number of carbonyl (C=O) groups excluding carboxylic acids is 1. The van der Waals surface area contributed by atoms with Gasteiger partial charge in [-0.25, -0.2) is 4.39 Å². The second-order valence-electron chi connectivity index (χ2n) is 7.30. The van der Waals surface area contributed by atoms with Crippen molar-refractivity contribution in [1.29, 1.82) is 0 Å². The molecule has 0 spiro atoms. The number of halogens is 1. The highest BCUT2D eigenvalue weighted by atomic mass is 19.1. The summed E-state index contributed by atoms with van der Waals surface area (Å²) in [6, 6.07) is 6.74. The Morgan fingerprint density at radius 3 is 2.33 bits per heavy atom. The molecule has 2 fully saturated rings. The van der Waals surface area contributed by atoms with Crippen LogP contribution in [0.1, 0.15) is 50.5 Å². The molecule has 132 valence electrons. The van der Waals surface area contributed by atoms with Gasteiger partial charge >= 0.3 is 0 Å². The molecule has 0 bridgehead atoms. The molecule has 1 saturated carbocycles. The standard InChI is InChI=1S/C19H27FN2O2/c20-16-6-4-15(5-7-16)18(8-2-1-3-9-18)14-22-17(23)19(21)10-12-24-13-11-19/h4-7H,1-3,8-14,21H2,(H,22,23). The van der Waals surface area contributed by atoms with Gasteiger partial charge in [-0.15, -0.1) is 0 Å². The fourth-order valence-corrected chi connectivity index (χ4v) is 3.99. The maximum absolute atomic E-state index is 13.3. The average molecular weight is 334 g/mol. The zero-order chi connectivity index (χ0) is 17.0. The molecule has 2 aliphatic rings. The van der Waals surface area contributed by atoms with Crippen LogP contribution >= 0.6 is 0 Å².